The van der Waals surface area contributed by atoms with Crippen molar-refractivity contribution >= 4 is 11.7 Å². The highest BCUT2D eigenvalue weighted by Crippen LogP contribution is 2.39. The first kappa shape index (κ1) is 19.4. The predicted molar refractivity (Wildman–Crippen MR) is 104 cm³/mol. The molecule has 1 aromatic heterocycles. The zero-order valence-electron chi connectivity index (χ0n) is 16.2. The van der Waals surface area contributed by atoms with E-state index in [2.05, 4.69) is 4.90 Å². The van der Waals surface area contributed by atoms with Crippen LogP contribution >= 0.6 is 0 Å². The van der Waals surface area contributed by atoms with Gasteiger partial charge in [0, 0.05) is 13.1 Å². The normalized spacial score (nSPS) is 20.1. The molecule has 0 saturated carbocycles. The molecular weight excluding hydrogens is 375 g/mol. The lowest BCUT2D eigenvalue weighted by molar-refractivity contribution is -0.129. The first-order valence-corrected chi connectivity index (χ1v) is 9.79. The van der Waals surface area contributed by atoms with Crippen LogP contribution in [0.1, 0.15) is 40.8 Å². The molecule has 4 rings (SSSR count). The molecule has 1 fully saturated rings. The minimum atomic E-state index is -0.788. The van der Waals surface area contributed by atoms with Gasteiger partial charge in [-0.1, -0.05) is 12.1 Å². The van der Waals surface area contributed by atoms with Gasteiger partial charge in [0.2, 0.25) is 5.78 Å². The van der Waals surface area contributed by atoms with Crippen LogP contribution < -0.4 is 0 Å². The van der Waals surface area contributed by atoms with Crippen molar-refractivity contribution in [1.29, 1.82) is 0 Å². The first-order chi connectivity index (χ1) is 14.0. The Hall–Kier alpha value is -2.93. The number of carbonyl (C=O) groups is 2. The third kappa shape index (κ3) is 3.70. The molecule has 2 aliphatic heterocycles. The quantitative estimate of drug-likeness (QED) is 0.755. The Labute approximate surface area is 168 Å². The predicted octanol–water partition coefficient (Wildman–Crippen LogP) is 3.40. The van der Waals surface area contributed by atoms with E-state index in [1.165, 1.54) is 35.2 Å². The Balaban J connectivity index is 1.69. The van der Waals surface area contributed by atoms with Crippen LogP contribution in [0.5, 0.6) is 0 Å². The average molecular weight is 398 g/mol. The van der Waals surface area contributed by atoms with Gasteiger partial charge < -0.3 is 19.3 Å². The van der Waals surface area contributed by atoms with Gasteiger partial charge in [-0.25, -0.2) is 4.39 Å². The van der Waals surface area contributed by atoms with Crippen molar-refractivity contribution in [3.05, 3.63) is 70.6 Å². The van der Waals surface area contributed by atoms with Crippen molar-refractivity contribution < 1.29 is 23.5 Å². The van der Waals surface area contributed by atoms with Gasteiger partial charge in [-0.15, -0.1) is 0 Å². The van der Waals surface area contributed by atoms with E-state index in [1.807, 2.05) is 0 Å². The Bertz CT molecular complexity index is 957. The van der Waals surface area contributed by atoms with E-state index < -0.39 is 29.3 Å². The molecule has 0 radical (unpaired) electrons. The smallest absolute Gasteiger partial charge is 0.290 e. The van der Waals surface area contributed by atoms with Gasteiger partial charge in [0.25, 0.3) is 5.91 Å². The van der Waals surface area contributed by atoms with Crippen LogP contribution in [0.4, 0.5) is 4.39 Å². The molecule has 1 aromatic carbocycles. The average Bonchev–Trinajstić information content (AvgIpc) is 3.43. The molecule has 0 spiro atoms. The van der Waals surface area contributed by atoms with Crippen molar-refractivity contribution in [1.82, 2.24) is 9.80 Å². The summed E-state index contributed by atoms with van der Waals surface area (Å²) in [7, 11) is 0. The summed E-state index contributed by atoms with van der Waals surface area (Å²) < 4.78 is 18.9. The van der Waals surface area contributed by atoms with Gasteiger partial charge in [-0.3, -0.25) is 9.59 Å². The molecule has 2 aliphatic rings. The monoisotopic (exact) mass is 398 g/mol. The van der Waals surface area contributed by atoms with Crippen molar-refractivity contribution in [2.75, 3.05) is 26.2 Å². The van der Waals surface area contributed by atoms with E-state index in [0.717, 1.165) is 25.9 Å². The largest absolute Gasteiger partial charge is 0.503 e. The Morgan fingerprint density at radius 3 is 2.45 bits per heavy atom. The summed E-state index contributed by atoms with van der Waals surface area (Å²) in [6, 6.07) is 8.03. The SMILES string of the molecule is Cc1ccc(C(=O)C2=C(O)C(=O)N(CCN3CCCC3)C2c2ccc(F)cc2)o1. The molecule has 0 bridgehead atoms. The van der Waals surface area contributed by atoms with E-state index in [-0.39, 0.29) is 11.3 Å². The number of carbonyl (C=O) groups excluding carboxylic acids is 2. The lowest BCUT2D eigenvalue weighted by atomic mass is 9.95. The van der Waals surface area contributed by atoms with Crippen LogP contribution in [0.3, 0.4) is 0 Å². The van der Waals surface area contributed by atoms with Crippen LogP contribution in [0.2, 0.25) is 0 Å². The molecular formula is C22H23FN2O4. The van der Waals surface area contributed by atoms with Gasteiger partial charge in [0.05, 0.1) is 11.6 Å². The maximum absolute atomic E-state index is 13.5. The minimum Gasteiger partial charge on any atom is -0.503 e. The number of aryl methyl sites for hydroxylation is 1. The molecule has 7 heteroatoms. The standard InChI is InChI=1S/C22H23FN2O4/c1-14-4-9-17(29-14)20(26)18-19(15-5-7-16(23)8-6-15)25(22(28)21(18)27)13-12-24-10-2-3-11-24/h4-9,19,27H,2-3,10-13H2,1H3. The molecule has 0 aliphatic carbocycles. The highest BCUT2D eigenvalue weighted by molar-refractivity contribution is 6.15. The van der Waals surface area contributed by atoms with E-state index >= 15 is 0 Å². The molecule has 1 atom stereocenters. The Morgan fingerprint density at radius 1 is 1.14 bits per heavy atom. The van der Waals surface area contributed by atoms with Crippen molar-refractivity contribution in [2.45, 2.75) is 25.8 Å². The second-order valence-electron chi connectivity index (χ2n) is 7.50. The summed E-state index contributed by atoms with van der Waals surface area (Å²) in [5.74, 6) is -1.50. The number of benzene rings is 1. The zero-order chi connectivity index (χ0) is 20.5. The van der Waals surface area contributed by atoms with E-state index in [4.69, 9.17) is 4.42 Å². The second-order valence-corrected chi connectivity index (χ2v) is 7.50. The third-order valence-electron chi connectivity index (χ3n) is 5.55. The summed E-state index contributed by atoms with van der Waals surface area (Å²) in [6.45, 7) is 4.67. The number of hydrogen-bond donors (Lipinski definition) is 1. The van der Waals surface area contributed by atoms with Crippen LogP contribution in [-0.2, 0) is 4.79 Å². The summed E-state index contributed by atoms with van der Waals surface area (Å²) in [5.41, 5.74) is 0.536. The van der Waals surface area contributed by atoms with Gasteiger partial charge in [0.15, 0.2) is 11.5 Å². The number of ketones is 1. The number of hydrogen-bond acceptors (Lipinski definition) is 5. The topological polar surface area (TPSA) is 74.0 Å². The minimum absolute atomic E-state index is 0.0302. The number of nitrogens with zero attached hydrogens (tertiary/aromatic N) is 2. The van der Waals surface area contributed by atoms with Crippen LogP contribution in [0.25, 0.3) is 0 Å². The summed E-state index contributed by atoms with van der Waals surface area (Å²) in [5, 5.41) is 10.6. The first-order valence-electron chi connectivity index (χ1n) is 9.79. The second kappa shape index (κ2) is 7.83. The van der Waals surface area contributed by atoms with Gasteiger partial charge in [0.1, 0.15) is 11.6 Å². The highest BCUT2D eigenvalue weighted by Gasteiger charge is 2.44. The molecule has 1 N–H and O–H groups in total. The van der Waals surface area contributed by atoms with Gasteiger partial charge in [-0.05, 0) is 62.7 Å². The number of aliphatic hydroxyl groups is 1. The number of rotatable bonds is 6. The summed E-state index contributed by atoms with van der Waals surface area (Å²) in [6.07, 6.45) is 2.25. The van der Waals surface area contributed by atoms with Gasteiger partial charge in [-0.2, -0.15) is 0 Å². The van der Waals surface area contributed by atoms with E-state index in [9.17, 15) is 19.1 Å². The molecule has 2 aromatic rings. The van der Waals surface area contributed by atoms with Crippen LogP contribution in [0, 0.1) is 12.7 Å². The van der Waals surface area contributed by atoms with Crippen LogP contribution in [-0.4, -0.2) is 52.8 Å². The molecule has 6 nitrogen and oxygen atoms in total. The van der Waals surface area contributed by atoms with Crippen LogP contribution in [0.15, 0.2) is 52.1 Å². The molecule has 1 saturated heterocycles. The number of halogens is 1. The van der Waals surface area contributed by atoms with E-state index in [1.54, 1.807) is 13.0 Å². The summed E-state index contributed by atoms with van der Waals surface area (Å²) >= 11 is 0. The summed E-state index contributed by atoms with van der Waals surface area (Å²) in [4.78, 5) is 29.7. The highest BCUT2D eigenvalue weighted by atomic mass is 19.1. The van der Waals surface area contributed by atoms with Crippen molar-refractivity contribution in [3.8, 4) is 0 Å². The number of amides is 1. The molecule has 152 valence electrons. The third-order valence-corrected chi connectivity index (χ3v) is 5.55. The fourth-order valence-corrected chi connectivity index (χ4v) is 4.05. The molecule has 3 heterocycles. The fourth-order valence-electron chi connectivity index (χ4n) is 4.05. The molecule has 29 heavy (non-hydrogen) atoms. The van der Waals surface area contributed by atoms with Gasteiger partial charge >= 0.3 is 0 Å². The Morgan fingerprint density at radius 2 is 1.83 bits per heavy atom. The zero-order valence-corrected chi connectivity index (χ0v) is 16.2. The molecule has 1 amide bonds. The Kier molecular flexibility index (Phi) is 5.24. The molecule has 1 unspecified atom stereocenters. The number of aliphatic hydroxyl groups excluding tert-OH is 1. The number of furan rings is 1. The lowest BCUT2D eigenvalue weighted by Gasteiger charge is -2.28. The lowest BCUT2D eigenvalue weighted by Crippen LogP contribution is -2.37. The van der Waals surface area contributed by atoms with Crippen molar-refractivity contribution in [3.63, 3.8) is 0 Å². The van der Waals surface area contributed by atoms with E-state index in [0.29, 0.717) is 24.4 Å². The fraction of sp³-hybridized carbons (Fsp3) is 0.364. The maximum atomic E-state index is 13.5. The number of likely N-dealkylation sites (tertiary alicyclic amines) is 1. The van der Waals surface area contributed by atoms with Crippen molar-refractivity contribution in [2.24, 2.45) is 0 Å². The maximum Gasteiger partial charge on any atom is 0.290 e. The number of Topliss-reactive ketones (excluding diaryl/α,β-unsaturated/α-hetero) is 1.